The van der Waals surface area contributed by atoms with Crippen LogP contribution in [0.3, 0.4) is 0 Å². The molecule has 2 N–H and O–H groups in total. The van der Waals surface area contributed by atoms with Gasteiger partial charge in [-0.05, 0) is 24.0 Å². The molecule has 0 aromatic heterocycles. The standard InChI is InChI=1S/C20H25NO3/c22-11-10-17(16-6-2-1-3-7-16)14-21-15-18-8-4-9-19-20(18)24-13-5-12-23-19/h1-4,6-9,17,21-22H,5,10-15H2. The van der Waals surface area contributed by atoms with E-state index in [4.69, 9.17) is 9.47 Å². The second kappa shape index (κ2) is 8.71. The van der Waals surface area contributed by atoms with E-state index in [0.29, 0.717) is 19.1 Å². The molecule has 128 valence electrons. The molecule has 0 aliphatic carbocycles. The SMILES string of the molecule is OCCC(CNCc1cccc2c1OCCCO2)c1ccccc1. The minimum Gasteiger partial charge on any atom is -0.490 e. The maximum absolute atomic E-state index is 9.34. The number of fused-ring (bicyclic) bond motifs is 1. The Morgan fingerprint density at radius 3 is 2.67 bits per heavy atom. The first kappa shape index (κ1) is 16.8. The lowest BCUT2D eigenvalue weighted by molar-refractivity contribution is 0.273. The van der Waals surface area contributed by atoms with Gasteiger partial charge in [0.05, 0.1) is 13.2 Å². The summed E-state index contributed by atoms with van der Waals surface area (Å²) in [6.45, 7) is 3.13. The van der Waals surface area contributed by atoms with Crippen LogP contribution in [-0.4, -0.2) is 31.5 Å². The van der Waals surface area contributed by atoms with Crippen LogP contribution in [0.4, 0.5) is 0 Å². The van der Waals surface area contributed by atoms with Gasteiger partial charge in [0.15, 0.2) is 11.5 Å². The van der Waals surface area contributed by atoms with Gasteiger partial charge in [-0.3, -0.25) is 0 Å². The van der Waals surface area contributed by atoms with E-state index in [2.05, 4.69) is 23.5 Å². The highest BCUT2D eigenvalue weighted by atomic mass is 16.5. The summed E-state index contributed by atoms with van der Waals surface area (Å²) in [7, 11) is 0. The normalized spacial score (nSPS) is 14.9. The number of ether oxygens (including phenoxy) is 2. The average molecular weight is 327 g/mol. The maximum atomic E-state index is 9.34. The van der Waals surface area contributed by atoms with Crippen molar-refractivity contribution in [2.75, 3.05) is 26.4 Å². The fourth-order valence-corrected chi connectivity index (χ4v) is 3.04. The lowest BCUT2D eigenvalue weighted by Gasteiger charge is -2.18. The highest BCUT2D eigenvalue weighted by Gasteiger charge is 2.15. The molecule has 0 radical (unpaired) electrons. The second-order valence-corrected chi connectivity index (χ2v) is 6.05. The van der Waals surface area contributed by atoms with Gasteiger partial charge in [0.25, 0.3) is 0 Å². The van der Waals surface area contributed by atoms with Crippen LogP contribution >= 0.6 is 0 Å². The molecule has 24 heavy (non-hydrogen) atoms. The summed E-state index contributed by atoms with van der Waals surface area (Å²) < 4.78 is 11.6. The lowest BCUT2D eigenvalue weighted by Crippen LogP contribution is -2.22. The largest absolute Gasteiger partial charge is 0.490 e. The third-order valence-corrected chi connectivity index (χ3v) is 4.31. The first-order valence-corrected chi connectivity index (χ1v) is 8.62. The lowest BCUT2D eigenvalue weighted by atomic mass is 9.96. The van der Waals surface area contributed by atoms with E-state index in [-0.39, 0.29) is 6.61 Å². The highest BCUT2D eigenvalue weighted by molar-refractivity contribution is 5.47. The van der Waals surface area contributed by atoms with Crippen molar-refractivity contribution in [2.24, 2.45) is 0 Å². The summed E-state index contributed by atoms with van der Waals surface area (Å²) in [5.41, 5.74) is 2.37. The zero-order valence-corrected chi connectivity index (χ0v) is 13.9. The summed E-state index contributed by atoms with van der Waals surface area (Å²) >= 11 is 0. The molecule has 2 aromatic carbocycles. The van der Waals surface area contributed by atoms with Crippen LogP contribution in [-0.2, 0) is 6.54 Å². The predicted molar refractivity (Wildman–Crippen MR) is 94.6 cm³/mol. The maximum Gasteiger partial charge on any atom is 0.165 e. The summed E-state index contributed by atoms with van der Waals surface area (Å²) in [4.78, 5) is 0. The van der Waals surface area contributed by atoms with Gasteiger partial charge < -0.3 is 19.9 Å². The fourth-order valence-electron chi connectivity index (χ4n) is 3.04. The molecule has 0 saturated carbocycles. The van der Waals surface area contributed by atoms with Crippen molar-refractivity contribution < 1.29 is 14.6 Å². The second-order valence-electron chi connectivity index (χ2n) is 6.05. The van der Waals surface area contributed by atoms with Crippen LogP contribution in [0, 0.1) is 0 Å². The molecule has 1 aliphatic heterocycles. The third-order valence-electron chi connectivity index (χ3n) is 4.31. The van der Waals surface area contributed by atoms with Crippen molar-refractivity contribution in [2.45, 2.75) is 25.3 Å². The molecule has 1 unspecified atom stereocenters. The Labute approximate surface area is 143 Å². The number of hydrogen-bond donors (Lipinski definition) is 2. The molecule has 0 bridgehead atoms. The topological polar surface area (TPSA) is 50.7 Å². The van der Waals surface area contributed by atoms with Crippen LogP contribution in [0.5, 0.6) is 11.5 Å². The number of hydrogen-bond acceptors (Lipinski definition) is 4. The summed E-state index contributed by atoms with van der Waals surface area (Å²) in [6.07, 6.45) is 1.66. The van der Waals surface area contributed by atoms with Crippen molar-refractivity contribution >= 4 is 0 Å². The Morgan fingerprint density at radius 1 is 1.00 bits per heavy atom. The first-order chi connectivity index (χ1) is 11.9. The van der Waals surface area contributed by atoms with Crippen LogP contribution < -0.4 is 14.8 Å². The van der Waals surface area contributed by atoms with Gasteiger partial charge >= 0.3 is 0 Å². The van der Waals surface area contributed by atoms with Gasteiger partial charge in [-0.1, -0.05) is 42.5 Å². The average Bonchev–Trinajstić information content (AvgIpc) is 2.88. The molecular weight excluding hydrogens is 302 g/mol. The van der Waals surface area contributed by atoms with Crippen LogP contribution in [0.25, 0.3) is 0 Å². The van der Waals surface area contributed by atoms with E-state index in [1.165, 1.54) is 5.56 Å². The molecule has 0 saturated heterocycles. The van der Waals surface area contributed by atoms with Crippen molar-refractivity contribution in [1.29, 1.82) is 0 Å². The minimum absolute atomic E-state index is 0.193. The molecule has 4 heteroatoms. The number of nitrogens with one attached hydrogen (secondary N) is 1. The molecule has 0 fully saturated rings. The van der Waals surface area contributed by atoms with Crippen LogP contribution in [0.15, 0.2) is 48.5 Å². The van der Waals surface area contributed by atoms with E-state index in [1.54, 1.807) is 0 Å². The Morgan fingerprint density at radius 2 is 1.83 bits per heavy atom. The quantitative estimate of drug-likeness (QED) is 0.820. The zero-order valence-electron chi connectivity index (χ0n) is 13.9. The Kier molecular flexibility index (Phi) is 6.10. The summed E-state index contributed by atoms with van der Waals surface area (Å²) in [5.74, 6) is 2.00. The van der Waals surface area contributed by atoms with Crippen molar-refractivity contribution in [3.8, 4) is 11.5 Å². The molecule has 1 heterocycles. The molecule has 0 spiro atoms. The molecule has 3 rings (SSSR count). The first-order valence-electron chi connectivity index (χ1n) is 8.62. The van der Waals surface area contributed by atoms with Crippen LogP contribution in [0.1, 0.15) is 29.9 Å². The number of benzene rings is 2. The molecule has 2 aromatic rings. The number of aliphatic hydroxyl groups is 1. The van der Waals surface area contributed by atoms with Gasteiger partial charge in [0.2, 0.25) is 0 Å². The van der Waals surface area contributed by atoms with Gasteiger partial charge in [0, 0.05) is 31.7 Å². The van der Waals surface area contributed by atoms with Crippen molar-refractivity contribution in [3.05, 3.63) is 59.7 Å². The fraction of sp³-hybridized carbons (Fsp3) is 0.400. The third kappa shape index (κ3) is 4.28. The Hall–Kier alpha value is -2.04. The predicted octanol–water partition coefficient (Wildman–Crippen LogP) is 3.10. The van der Waals surface area contributed by atoms with E-state index in [9.17, 15) is 5.11 Å². The smallest absolute Gasteiger partial charge is 0.165 e. The molecular formula is C20H25NO3. The Balaban J connectivity index is 1.63. The monoisotopic (exact) mass is 327 g/mol. The summed E-state index contributed by atoms with van der Waals surface area (Å²) in [6, 6.07) is 16.4. The van der Waals surface area contributed by atoms with Crippen LogP contribution in [0.2, 0.25) is 0 Å². The van der Waals surface area contributed by atoms with Gasteiger partial charge in [-0.15, -0.1) is 0 Å². The molecule has 1 atom stereocenters. The highest BCUT2D eigenvalue weighted by Crippen LogP contribution is 2.33. The number of para-hydroxylation sites is 1. The molecule has 0 amide bonds. The van der Waals surface area contributed by atoms with Crippen molar-refractivity contribution in [3.63, 3.8) is 0 Å². The van der Waals surface area contributed by atoms with E-state index >= 15 is 0 Å². The van der Waals surface area contributed by atoms with Gasteiger partial charge in [0.1, 0.15) is 0 Å². The summed E-state index contributed by atoms with van der Waals surface area (Å²) in [5, 5.41) is 12.8. The van der Waals surface area contributed by atoms with Gasteiger partial charge in [-0.2, -0.15) is 0 Å². The Bertz CT molecular complexity index is 630. The zero-order chi connectivity index (χ0) is 16.6. The van der Waals surface area contributed by atoms with Gasteiger partial charge in [-0.25, -0.2) is 0 Å². The van der Waals surface area contributed by atoms with E-state index in [1.807, 2.05) is 30.3 Å². The van der Waals surface area contributed by atoms with E-state index in [0.717, 1.165) is 43.0 Å². The number of aliphatic hydroxyl groups excluding tert-OH is 1. The molecule has 1 aliphatic rings. The van der Waals surface area contributed by atoms with Crippen molar-refractivity contribution in [1.82, 2.24) is 5.32 Å². The number of rotatable bonds is 7. The van der Waals surface area contributed by atoms with E-state index < -0.39 is 0 Å². The minimum atomic E-state index is 0.193. The molecule has 4 nitrogen and oxygen atoms in total.